The highest BCUT2D eigenvalue weighted by atomic mass is 35.5. The second-order valence-electron chi connectivity index (χ2n) is 11.8. The molecule has 14 heteroatoms. The van der Waals surface area contributed by atoms with Gasteiger partial charge in [-0.05, 0) is 71.7 Å². The summed E-state index contributed by atoms with van der Waals surface area (Å²) >= 11 is 0. The lowest BCUT2D eigenvalue weighted by atomic mass is 10.1. The quantitative estimate of drug-likeness (QED) is 0.255. The number of hydrogen-bond acceptors (Lipinski definition) is 11. The van der Waals surface area contributed by atoms with E-state index in [0.717, 1.165) is 101 Å². The molecule has 5 N–H and O–H groups in total. The number of nitrogens with two attached hydrogens (primary N) is 2. The number of pyridine rings is 1. The molecule has 0 bridgehead atoms. The maximum absolute atomic E-state index is 12.5. The predicted octanol–water partition coefficient (Wildman–Crippen LogP) is 2.58. The van der Waals surface area contributed by atoms with Crippen LogP contribution in [0.2, 0.25) is 0 Å². The molecule has 2 aliphatic heterocycles. The van der Waals surface area contributed by atoms with E-state index in [4.69, 9.17) is 26.2 Å². The van der Waals surface area contributed by atoms with E-state index < -0.39 is 5.91 Å². The fourth-order valence-corrected chi connectivity index (χ4v) is 6.06. The molecular formula is C30H48ClN11O2. The zero-order valence-electron chi connectivity index (χ0n) is 26.2. The number of fused-ring (bicyclic) bond motifs is 1. The SMILES string of the molecule is COC1CCN(c2nccc(Nc3cc4c(c(CCCN5CCN(CCCN)CC5)n3)c(C(N)=O)nn4C(C)C)n2)CC1.Cl. The van der Waals surface area contributed by atoms with Crippen LogP contribution in [0, 0.1) is 0 Å². The molecule has 3 aromatic heterocycles. The Balaban J connectivity index is 0.00000442. The number of amides is 1. The van der Waals surface area contributed by atoms with Gasteiger partial charge in [-0.1, -0.05) is 0 Å². The summed E-state index contributed by atoms with van der Waals surface area (Å²) in [5.74, 6) is 1.46. The van der Waals surface area contributed by atoms with Gasteiger partial charge in [0.05, 0.1) is 22.7 Å². The number of ether oxygens (including phenoxy) is 1. The number of nitrogens with zero attached hydrogens (tertiary/aromatic N) is 8. The van der Waals surface area contributed by atoms with Gasteiger partial charge in [0, 0.05) is 64.7 Å². The Kier molecular flexibility index (Phi) is 12.1. The number of carbonyl (C=O) groups excluding carboxylic acids is 1. The number of methoxy groups -OCH3 is 1. The average Bonchev–Trinajstić information content (AvgIpc) is 3.41. The van der Waals surface area contributed by atoms with Crippen molar-refractivity contribution in [2.45, 2.75) is 58.1 Å². The van der Waals surface area contributed by atoms with Crippen molar-refractivity contribution in [3.63, 3.8) is 0 Å². The lowest BCUT2D eigenvalue weighted by Crippen LogP contribution is -2.47. The topological polar surface area (TPSA) is 157 Å². The van der Waals surface area contributed by atoms with Crippen molar-refractivity contribution < 1.29 is 9.53 Å². The van der Waals surface area contributed by atoms with Gasteiger partial charge in [0.1, 0.15) is 11.6 Å². The van der Waals surface area contributed by atoms with Crippen molar-refractivity contribution in [1.29, 1.82) is 0 Å². The van der Waals surface area contributed by atoms with Gasteiger partial charge in [0.25, 0.3) is 5.91 Å². The van der Waals surface area contributed by atoms with Crippen LogP contribution >= 0.6 is 12.4 Å². The number of piperidine rings is 1. The standard InChI is InChI=1S/C30H47N11O2.ClH/c1-21(2)41-24-20-26(35-25-7-11-33-30(36-25)40-14-8-22(43-3)9-15-40)34-23(27(24)28(37-41)29(32)42)6-4-12-38-16-18-39(19-17-38)13-5-10-31;/h7,11,20-22H,4-6,8-10,12-19,31H2,1-3H3,(H2,32,42)(H,33,34,35,36);1H. The molecular weight excluding hydrogens is 582 g/mol. The Morgan fingerprint density at radius 1 is 1.05 bits per heavy atom. The minimum absolute atomic E-state index is 0. The van der Waals surface area contributed by atoms with E-state index in [2.05, 4.69) is 30.1 Å². The third-order valence-electron chi connectivity index (χ3n) is 8.48. The smallest absolute Gasteiger partial charge is 0.269 e. The van der Waals surface area contributed by atoms with Crippen molar-refractivity contribution in [2.75, 3.05) is 76.2 Å². The number of piperazine rings is 1. The molecule has 1 amide bonds. The van der Waals surface area contributed by atoms with Gasteiger partial charge in [-0.15, -0.1) is 12.4 Å². The summed E-state index contributed by atoms with van der Waals surface area (Å²) in [5.41, 5.74) is 13.4. The van der Waals surface area contributed by atoms with Crippen LogP contribution in [0.3, 0.4) is 0 Å². The number of rotatable bonds is 13. The first-order valence-electron chi connectivity index (χ1n) is 15.6. The fourth-order valence-electron chi connectivity index (χ4n) is 6.06. The normalized spacial score (nSPS) is 16.9. The molecule has 13 nitrogen and oxygen atoms in total. The largest absolute Gasteiger partial charge is 0.381 e. The average molecular weight is 630 g/mol. The Labute approximate surface area is 266 Å². The van der Waals surface area contributed by atoms with Crippen LogP contribution in [0.4, 0.5) is 17.6 Å². The molecule has 5 heterocycles. The molecule has 2 fully saturated rings. The molecule has 0 radical (unpaired) electrons. The minimum atomic E-state index is -0.542. The molecule has 0 spiro atoms. The van der Waals surface area contributed by atoms with E-state index in [1.165, 1.54) is 0 Å². The fraction of sp³-hybridized carbons (Fsp3) is 0.633. The first-order valence-corrected chi connectivity index (χ1v) is 15.6. The summed E-state index contributed by atoms with van der Waals surface area (Å²) in [4.78, 5) is 34.0. The van der Waals surface area contributed by atoms with Crippen LogP contribution in [-0.4, -0.2) is 113 Å². The van der Waals surface area contributed by atoms with Crippen LogP contribution in [-0.2, 0) is 11.2 Å². The summed E-state index contributed by atoms with van der Waals surface area (Å²) in [6.07, 6.45) is 6.61. The van der Waals surface area contributed by atoms with Crippen LogP contribution in [0.25, 0.3) is 10.9 Å². The summed E-state index contributed by atoms with van der Waals surface area (Å²) in [7, 11) is 1.77. The maximum atomic E-state index is 12.5. The summed E-state index contributed by atoms with van der Waals surface area (Å²) in [6.45, 7) is 12.8. The Morgan fingerprint density at radius 3 is 2.34 bits per heavy atom. The van der Waals surface area contributed by atoms with E-state index >= 15 is 0 Å². The van der Waals surface area contributed by atoms with Crippen molar-refractivity contribution in [3.05, 3.63) is 29.7 Å². The Morgan fingerprint density at radius 2 is 1.73 bits per heavy atom. The number of aromatic nitrogens is 5. The van der Waals surface area contributed by atoms with E-state index in [0.29, 0.717) is 24.0 Å². The minimum Gasteiger partial charge on any atom is -0.381 e. The molecule has 44 heavy (non-hydrogen) atoms. The molecule has 3 aromatic rings. The first kappa shape index (κ1) is 33.8. The zero-order chi connectivity index (χ0) is 30.3. The zero-order valence-corrected chi connectivity index (χ0v) is 27.1. The molecule has 0 saturated carbocycles. The maximum Gasteiger partial charge on any atom is 0.269 e. The Bertz CT molecular complexity index is 1370. The molecule has 0 unspecified atom stereocenters. The van der Waals surface area contributed by atoms with Crippen LogP contribution in [0.1, 0.15) is 61.8 Å². The van der Waals surface area contributed by atoms with Crippen molar-refractivity contribution >= 4 is 46.8 Å². The molecule has 242 valence electrons. The number of primary amides is 1. The van der Waals surface area contributed by atoms with Gasteiger partial charge < -0.3 is 36.2 Å². The summed E-state index contributed by atoms with van der Waals surface area (Å²) < 4.78 is 7.37. The van der Waals surface area contributed by atoms with Gasteiger partial charge in [-0.2, -0.15) is 10.1 Å². The van der Waals surface area contributed by atoms with Gasteiger partial charge in [0.2, 0.25) is 5.95 Å². The van der Waals surface area contributed by atoms with E-state index in [-0.39, 0.29) is 30.2 Å². The number of hydrogen-bond donors (Lipinski definition) is 3. The first-order chi connectivity index (χ1) is 20.9. The molecule has 0 aliphatic carbocycles. The molecule has 5 rings (SSSR count). The van der Waals surface area contributed by atoms with Gasteiger partial charge >= 0.3 is 0 Å². The highest BCUT2D eigenvalue weighted by Crippen LogP contribution is 2.29. The Hall–Kier alpha value is -3.10. The second kappa shape index (κ2) is 15.8. The summed E-state index contributed by atoms with van der Waals surface area (Å²) in [6, 6.07) is 3.82. The molecule has 2 saturated heterocycles. The van der Waals surface area contributed by atoms with Crippen LogP contribution in [0.15, 0.2) is 18.3 Å². The van der Waals surface area contributed by atoms with Crippen molar-refractivity contribution in [1.82, 2.24) is 34.5 Å². The van der Waals surface area contributed by atoms with E-state index in [1.54, 1.807) is 13.3 Å². The van der Waals surface area contributed by atoms with Crippen LogP contribution in [0.5, 0.6) is 0 Å². The number of halogens is 1. The predicted molar refractivity (Wildman–Crippen MR) is 176 cm³/mol. The van der Waals surface area contributed by atoms with E-state index in [9.17, 15) is 4.79 Å². The third kappa shape index (κ3) is 8.13. The van der Waals surface area contributed by atoms with Crippen LogP contribution < -0.4 is 21.7 Å². The number of anilines is 3. The lowest BCUT2D eigenvalue weighted by molar-refractivity contribution is 0.0816. The molecule has 0 atom stereocenters. The summed E-state index contributed by atoms with van der Waals surface area (Å²) in [5, 5.41) is 8.77. The molecule has 0 aromatic carbocycles. The van der Waals surface area contributed by atoms with Crippen molar-refractivity contribution in [2.24, 2.45) is 11.5 Å². The van der Waals surface area contributed by atoms with Crippen molar-refractivity contribution in [3.8, 4) is 0 Å². The second-order valence-corrected chi connectivity index (χ2v) is 11.8. The van der Waals surface area contributed by atoms with Gasteiger partial charge in [0.15, 0.2) is 5.69 Å². The van der Waals surface area contributed by atoms with Gasteiger partial charge in [-0.25, -0.2) is 9.97 Å². The third-order valence-corrected chi connectivity index (χ3v) is 8.48. The molecule has 2 aliphatic rings. The highest BCUT2D eigenvalue weighted by molar-refractivity contribution is 6.05. The number of nitrogens with one attached hydrogen (secondary N) is 1. The highest BCUT2D eigenvalue weighted by Gasteiger charge is 2.24. The van der Waals surface area contributed by atoms with E-state index in [1.807, 2.05) is 30.7 Å². The number of aryl methyl sites for hydroxylation is 1. The lowest BCUT2D eigenvalue weighted by Gasteiger charge is -2.34. The monoisotopic (exact) mass is 629 g/mol. The number of carbonyl (C=O) groups is 1. The van der Waals surface area contributed by atoms with Gasteiger partial charge in [-0.3, -0.25) is 9.48 Å².